The van der Waals surface area contributed by atoms with Crippen molar-refractivity contribution < 1.29 is 65.1 Å². The Bertz CT molecular complexity index is 327. The minimum absolute atomic E-state index is 1.09. The molecule has 0 aromatic heterocycles. The van der Waals surface area contributed by atoms with E-state index in [4.69, 9.17) is 0 Å². The third kappa shape index (κ3) is 46.0. The fourth-order valence-electron chi connectivity index (χ4n) is 0.602. The zero-order valence-corrected chi connectivity index (χ0v) is 13.9. The molecule has 19 heavy (non-hydrogen) atoms. The Hall–Kier alpha value is 0.0649. The van der Waals surface area contributed by atoms with Crippen molar-refractivity contribution in [2.75, 3.05) is 13.1 Å². The Labute approximate surface area is 118 Å². The summed E-state index contributed by atoms with van der Waals surface area (Å²) in [6.07, 6.45) is 5.12. The van der Waals surface area contributed by atoms with Crippen molar-refractivity contribution >= 4 is 0 Å². The standard InChI is InChI=1S/2C4H11N.2Cr.7O/c2*1-2-3-4-5;;;;;;;;;/h2*2-5H2,1H3;;;;;;;;;/q;;;;;;;;;2*-1/p+2. The predicted molar refractivity (Wildman–Crippen MR) is 49.2 cm³/mol. The Morgan fingerprint density at radius 1 is 0.842 bits per heavy atom. The summed E-state index contributed by atoms with van der Waals surface area (Å²) in [6, 6.07) is 0. The van der Waals surface area contributed by atoms with Crippen LogP contribution in [-0.4, -0.2) is 13.1 Å². The van der Waals surface area contributed by atoms with Crippen LogP contribution in [0.4, 0.5) is 0 Å². The third-order valence-electron chi connectivity index (χ3n) is 1.37. The van der Waals surface area contributed by atoms with Gasteiger partial charge in [-0.15, -0.1) is 0 Å². The second kappa shape index (κ2) is 14.5. The summed E-state index contributed by atoms with van der Waals surface area (Å²) in [5.74, 6) is 0. The number of unbranched alkanes of at least 4 members (excludes halogenated alkanes) is 2. The van der Waals surface area contributed by atoms with E-state index in [1.165, 1.54) is 25.7 Å². The summed E-state index contributed by atoms with van der Waals surface area (Å²) in [4.78, 5) is 0. The van der Waals surface area contributed by atoms with Gasteiger partial charge in [0.1, 0.15) is 0 Å². The Morgan fingerprint density at radius 2 is 1.11 bits per heavy atom. The molecule has 0 atom stereocenters. The number of hydrogen-bond donors (Lipinski definition) is 2. The maximum atomic E-state index is 9.38. The van der Waals surface area contributed by atoms with E-state index in [0.717, 1.165) is 13.1 Å². The number of quaternary nitrogens is 2. The molecule has 0 rings (SSSR count). The first-order chi connectivity index (χ1) is 8.54. The summed E-state index contributed by atoms with van der Waals surface area (Å²) >= 11 is -12.1. The molecule has 11 heteroatoms. The molecule has 0 aliphatic heterocycles. The average Bonchev–Trinajstić information content (AvgIpc) is 2.16. The van der Waals surface area contributed by atoms with E-state index < -0.39 is 27.2 Å². The Morgan fingerprint density at radius 3 is 1.11 bits per heavy atom. The van der Waals surface area contributed by atoms with Crippen molar-refractivity contribution in [1.29, 1.82) is 0 Å². The zero-order valence-electron chi connectivity index (χ0n) is 11.3. The van der Waals surface area contributed by atoms with Crippen molar-refractivity contribution in [3.8, 4) is 0 Å². The summed E-state index contributed by atoms with van der Waals surface area (Å²) < 4.78 is 58.9. The summed E-state index contributed by atoms with van der Waals surface area (Å²) in [7, 11) is 0. The van der Waals surface area contributed by atoms with Crippen molar-refractivity contribution in [1.82, 2.24) is 0 Å². The maximum absolute atomic E-state index is 9.38. The molecule has 0 spiro atoms. The molecule has 6 N–H and O–H groups in total. The van der Waals surface area contributed by atoms with Gasteiger partial charge in [0.05, 0.1) is 13.1 Å². The van der Waals surface area contributed by atoms with Crippen LogP contribution >= 0.6 is 0 Å². The third-order valence-corrected chi connectivity index (χ3v) is 4.04. The van der Waals surface area contributed by atoms with Crippen LogP contribution in [0.25, 0.3) is 0 Å². The molecule has 0 aliphatic carbocycles. The van der Waals surface area contributed by atoms with Crippen LogP contribution in [0.3, 0.4) is 0 Å². The van der Waals surface area contributed by atoms with Crippen LogP contribution in [0.1, 0.15) is 39.5 Å². The molecule has 9 nitrogen and oxygen atoms in total. The van der Waals surface area contributed by atoms with Crippen LogP contribution in [-0.2, 0) is 45.3 Å². The van der Waals surface area contributed by atoms with Gasteiger partial charge in [0.2, 0.25) is 0 Å². The fourth-order valence-corrected chi connectivity index (χ4v) is 2.24. The molecule has 0 unspecified atom stereocenters. The van der Waals surface area contributed by atoms with Gasteiger partial charge in [-0.2, -0.15) is 0 Å². The van der Waals surface area contributed by atoms with Gasteiger partial charge in [-0.3, -0.25) is 0 Å². The molecular formula is C8H24Cr2N2O7. The first-order valence-electron chi connectivity index (χ1n) is 5.75. The van der Waals surface area contributed by atoms with Gasteiger partial charge in [0.15, 0.2) is 0 Å². The predicted octanol–water partition coefficient (Wildman–Crippen LogP) is -2.87. The molecule has 0 amide bonds. The van der Waals surface area contributed by atoms with E-state index in [0.29, 0.717) is 0 Å². The molecular weight excluding hydrogens is 340 g/mol. The molecule has 0 radical (unpaired) electrons. The van der Waals surface area contributed by atoms with Crippen molar-refractivity contribution in [3.63, 3.8) is 0 Å². The van der Waals surface area contributed by atoms with Crippen molar-refractivity contribution in [3.05, 3.63) is 0 Å². The van der Waals surface area contributed by atoms with E-state index >= 15 is 0 Å². The van der Waals surface area contributed by atoms with Gasteiger partial charge in [0.25, 0.3) is 0 Å². The van der Waals surface area contributed by atoms with Gasteiger partial charge in [0, 0.05) is 0 Å². The quantitative estimate of drug-likeness (QED) is 0.508. The molecule has 0 saturated carbocycles. The van der Waals surface area contributed by atoms with E-state index in [1.807, 2.05) is 0 Å². The van der Waals surface area contributed by atoms with Gasteiger partial charge in [-0.1, -0.05) is 26.7 Å². The topological polar surface area (TPSA) is 179 Å². The molecule has 0 bridgehead atoms. The Kier molecular flexibility index (Phi) is 18.4. The number of hydrogen-bond acceptors (Lipinski definition) is 7. The molecule has 0 fully saturated rings. The van der Waals surface area contributed by atoms with Crippen LogP contribution in [0.2, 0.25) is 0 Å². The SMILES string of the molecule is CCCC[NH3+].CCCC[NH3+].[O]=[Cr](=[O])([O-])[O][Cr](=[O])(=[O])[O-]. The van der Waals surface area contributed by atoms with Gasteiger partial charge < -0.3 is 11.5 Å². The van der Waals surface area contributed by atoms with Crippen LogP contribution < -0.4 is 19.8 Å². The monoisotopic (exact) mass is 364 g/mol. The normalized spacial score (nSPS) is 10.8. The second-order valence-corrected chi connectivity index (χ2v) is 6.94. The van der Waals surface area contributed by atoms with E-state index in [1.54, 1.807) is 0 Å². The number of rotatable bonds is 6. The molecule has 0 aliphatic rings. The molecule has 0 heterocycles. The van der Waals surface area contributed by atoms with Crippen molar-refractivity contribution in [2.45, 2.75) is 39.5 Å². The molecule has 120 valence electrons. The van der Waals surface area contributed by atoms with Gasteiger partial charge >= 0.3 is 53.6 Å². The first-order valence-corrected chi connectivity index (χ1v) is 9.91. The zero-order chi connectivity index (χ0) is 15.9. The van der Waals surface area contributed by atoms with E-state index in [9.17, 15) is 23.5 Å². The van der Waals surface area contributed by atoms with Crippen LogP contribution in [0.15, 0.2) is 0 Å². The second-order valence-electron chi connectivity index (χ2n) is 3.30. The van der Waals surface area contributed by atoms with Gasteiger partial charge in [-0.05, 0) is 12.8 Å². The van der Waals surface area contributed by atoms with Crippen molar-refractivity contribution in [2.24, 2.45) is 0 Å². The van der Waals surface area contributed by atoms with E-state index in [-0.39, 0.29) is 0 Å². The summed E-state index contributed by atoms with van der Waals surface area (Å²) in [6.45, 7) is 6.53. The van der Waals surface area contributed by atoms with Gasteiger partial charge in [-0.25, -0.2) is 0 Å². The average molecular weight is 364 g/mol. The Balaban J connectivity index is -0.000000219. The minimum atomic E-state index is -6.07. The molecule has 0 aromatic carbocycles. The first kappa shape index (κ1) is 24.1. The molecule has 0 saturated heterocycles. The van der Waals surface area contributed by atoms with E-state index in [2.05, 4.69) is 28.2 Å². The summed E-state index contributed by atoms with van der Waals surface area (Å²) in [5, 5.41) is 0. The summed E-state index contributed by atoms with van der Waals surface area (Å²) in [5.41, 5.74) is 7.35. The van der Waals surface area contributed by atoms with Crippen LogP contribution in [0, 0.1) is 0 Å². The molecule has 0 aromatic rings. The fraction of sp³-hybridized carbons (Fsp3) is 1.00. The van der Waals surface area contributed by atoms with Crippen LogP contribution in [0.5, 0.6) is 0 Å².